The average molecular weight is 363 g/mol. The molecule has 0 radical (unpaired) electrons. The Morgan fingerprint density at radius 3 is 2.50 bits per heavy atom. The number of benzene rings is 1. The van der Waals surface area contributed by atoms with E-state index in [1.54, 1.807) is 12.1 Å². The van der Waals surface area contributed by atoms with Gasteiger partial charge in [0.1, 0.15) is 0 Å². The lowest BCUT2D eigenvalue weighted by molar-refractivity contribution is 0.0316. The number of nitrogens with zero attached hydrogens (tertiary/aromatic N) is 1. The number of ether oxygens (including phenoxy) is 1. The van der Waals surface area contributed by atoms with Crippen LogP contribution in [0.2, 0.25) is 0 Å². The zero-order valence-corrected chi connectivity index (χ0v) is 15.6. The molecule has 144 valence electrons. The van der Waals surface area contributed by atoms with E-state index < -0.39 is 17.7 Å². The number of anilines is 1. The molecule has 0 heterocycles. The van der Waals surface area contributed by atoms with E-state index in [9.17, 15) is 14.7 Å². The molecule has 1 aliphatic carbocycles. The van der Waals surface area contributed by atoms with Gasteiger partial charge in [-0.3, -0.25) is 5.32 Å². The summed E-state index contributed by atoms with van der Waals surface area (Å²) in [5.74, 6) is -0.0699. The van der Waals surface area contributed by atoms with Crippen LogP contribution in [0, 0.1) is 5.92 Å². The smallest absolute Gasteiger partial charge is 0.411 e. The van der Waals surface area contributed by atoms with Crippen LogP contribution in [0.25, 0.3) is 0 Å². The van der Waals surface area contributed by atoms with Gasteiger partial charge in [-0.15, -0.1) is 0 Å². The van der Waals surface area contributed by atoms with Gasteiger partial charge in [0.25, 0.3) is 0 Å². The molecule has 0 saturated heterocycles. The summed E-state index contributed by atoms with van der Waals surface area (Å²) in [4.78, 5) is 25.2. The quantitative estimate of drug-likeness (QED) is 0.759. The fraction of sp³-hybridized carbons (Fsp3) is 0.579. The number of carbonyl (C=O) groups is 2. The average Bonchev–Trinajstić information content (AvgIpc) is 2.54. The van der Waals surface area contributed by atoms with Crippen LogP contribution in [-0.2, 0) is 4.74 Å². The topological polar surface area (TPSA) is 105 Å². The Kier molecular flexibility index (Phi) is 6.47. The summed E-state index contributed by atoms with van der Waals surface area (Å²) in [5.41, 5.74) is 6.36. The molecule has 0 aliphatic heterocycles. The van der Waals surface area contributed by atoms with Crippen molar-refractivity contribution in [3.63, 3.8) is 0 Å². The third-order valence-electron chi connectivity index (χ3n) is 4.76. The number of rotatable bonds is 4. The lowest BCUT2D eigenvalue weighted by Crippen LogP contribution is -2.55. The molecular formula is C19H29N3O4. The summed E-state index contributed by atoms with van der Waals surface area (Å²) in [6.07, 6.45) is 0.551. The Morgan fingerprint density at radius 1 is 1.27 bits per heavy atom. The van der Waals surface area contributed by atoms with Gasteiger partial charge in [-0.1, -0.05) is 18.2 Å². The molecule has 0 unspecified atom stereocenters. The third kappa shape index (κ3) is 5.36. The SMILES string of the molecule is CC(C)(C)N(C(=O)O)[C@@H]1CC[C@H](N)[C@H](COC(=O)Nc2ccccc2)C1. The number of carboxylic acid groups (broad SMARTS) is 1. The van der Waals surface area contributed by atoms with E-state index in [-0.39, 0.29) is 24.6 Å². The maximum Gasteiger partial charge on any atom is 0.411 e. The first-order chi connectivity index (χ1) is 12.2. The summed E-state index contributed by atoms with van der Waals surface area (Å²) in [6.45, 7) is 5.82. The fourth-order valence-corrected chi connectivity index (χ4v) is 3.54. The van der Waals surface area contributed by atoms with Crippen molar-refractivity contribution in [2.24, 2.45) is 11.7 Å². The Bertz CT molecular complexity index is 615. The van der Waals surface area contributed by atoms with Crippen LogP contribution in [0.3, 0.4) is 0 Å². The van der Waals surface area contributed by atoms with Gasteiger partial charge in [-0.2, -0.15) is 0 Å². The zero-order valence-electron chi connectivity index (χ0n) is 15.6. The molecule has 1 aliphatic rings. The van der Waals surface area contributed by atoms with Crippen LogP contribution in [-0.4, -0.2) is 46.4 Å². The highest BCUT2D eigenvalue weighted by molar-refractivity contribution is 5.84. The first-order valence-electron chi connectivity index (χ1n) is 8.95. The molecule has 2 amide bonds. The summed E-state index contributed by atoms with van der Waals surface area (Å²) < 4.78 is 5.33. The lowest BCUT2D eigenvalue weighted by Gasteiger charge is -2.44. The molecule has 4 N–H and O–H groups in total. The van der Waals surface area contributed by atoms with Crippen molar-refractivity contribution < 1.29 is 19.4 Å². The van der Waals surface area contributed by atoms with Crippen molar-refractivity contribution in [3.8, 4) is 0 Å². The number of nitrogens with two attached hydrogens (primary N) is 1. The van der Waals surface area contributed by atoms with E-state index >= 15 is 0 Å². The molecule has 3 atom stereocenters. The Labute approximate surface area is 154 Å². The monoisotopic (exact) mass is 363 g/mol. The minimum atomic E-state index is -0.931. The highest BCUT2D eigenvalue weighted by atomic mass is 16.5. The second kappa shape index (κ2) is 8.40. The number of hydrogen-bond acceptors (Lipinski definition) is 4. The number of amides is 2. The number of nitrogens with one attached hydrogen (secondary N) is 1. The van der Waals surface area contributed by atoms with Crippen molar-refractivity contribution in [1.82, 2.24) is 4.90 Å². The predicted molar refractivity (Wildman–Crippen MR) is 100 cm³/mol. The van der Waals surface area contributed by atoms with Gasteiger partial charge in [0.2, 0.25) is 0 Å². The Morgan fingerprint density at radius 2 is 1.92 bits per heavy atom. The summed E-state index contributed by atoms with van der Waals surface area (Å²) in [7, 11) is 0. The molecule has 0 aromatic heterocycles. The highest BCUT2D eigenvalue weighted by Crippen LogP contribution is 2.31. The molecule has 1 saturated carbocycles. The van der Waals surface area contributed by atoms with E-state index in [0.29, 0.717) is 18.5 Å². The first kappa shape index (κ1) is 20.0. The van der Waals surface area contributed by atoms with Crippen molar-refractivity contribution in [1.29, 1.82) is 0 Å². The van der Waals surface area contributed by atoms with Crippen molar-refractivity contribution in [3.05, 3.63) is 30.3 Å². The van der Waals surface area contributed by atoms with Crippen LogP contribution < -0.4 is 11.1 Å². The van der Waals surface area contributed by atoms with E-state index in [1.807, 2.05) is 39.0 Å². The zero-order chi connectivity index (χ0) is 19.3. The van der Waals surface area contributed by atoms with Gasteiger partial charge in [0.05, 0.1) is 6.61 Å². The number of para-hydroxylation sites is 1. The minimum Gasteiger partial charge on any atom is -0.465 e. The normalized spacial score (nSPS) is 23.2. The minimum absolute atomic E-state index is 0.0699. The molecule has 0 spiro atoms. The Balaban J connectivity index is 1.93. The van der Waals surface area contributed by atoms with Gasteiger partial charge < -0.3 is 20.5 Å². The predicted octanol–water partition coefficient (Wildman–Crippen LogP) is 3.51. The van der Waals surface area contributed by atoms with E-state index in [4.69, 9.17) is 10.5 Å². The molecule has 7 nitrogen and oxygen atoms in total. The van der Waals surface area contributed by atoms with E-state index in [2.05, 4.69) is 5.32 Å². The standard InChI is InChI=1S/C19H29N3O4/c1-19(2,3)22(18(24)25)15-9-10-16(20)13(11-15)12-26-17(23)21-14-7-5-4-6-8-14/h4-8,13,15-16H,9-12,20H2,1-3H3,(H,21,23)(H,24,25)/t13-,15+,16-/m0/s1. The van der Waals surface area contributed by atoms with Gasteiger partial charge in [0.15, 0.2) is 0 Å². The second-order valence-corrected chi connectivity index (χ2v) is 7.80. The molecule has 0 bridgehead atoms. The number of hydrogen-bond donors (Lipinski definition) is 3. The lowest BCUT2D eigenvalue weighted by atomic mass is 9.80. The van der Waals surface area contributed by atoms with Gasteiger partial charge in [-0.25, -0.2) is 9.59 Å². The van der Waals surface area contributed by atoms with Crippen LogP contribution in [0.15, 0.2) is 30.3 Å². The van der Waals surface area contributed by atoms with Crippen LogP contribution in [0.4, 0.5) is 15.3 Å². The largest absolute Gasteiger partial charge is 0.465 e. The van der Waals surface area contributed by atoms with Crippen molar-refractivity contribution >= 4 is 17.9 Å². The van der Waals surface area contributed by atoms with Crippen molar-refractivity contribution in [2.45, 2.75) is 57.7 Å². The third-order valence-corrected chi connectivity index (χ3v) is 4.76. The second-order valence-electron chi connectivity index (χ2n) is 7.80. The summed E-state index contributed by atoms with van der Waals surface area (Å²) in [6, 6.07) is 8.83. The van der Waals surface area contributed by atoms with Gasteiger partial charge in [-0.05, 0) is 52.2 Å². The molecular weight excluding hydrogens is 334 g/mol. The highest BCUT2D eigenvalue weighted by Gasteiger charge is 2.38. The molecule has 26 heavy (non-hydrogen) atoms. The van der Waals surface area contributed by atoms with E-state index in [0.717, 1.165) is 6.42 Å². The molecule has 7 heteroatoms. The number of carbonyl (C=O) groups excluding carboxylic acids is 1. The van der Waals surface area contributed by atoms with Gasteiger partial charge >= 0.3 is 12.2 Å². The Hall–Kier alpha value is -2.28. The first-order valence-corrected chi connectivity index (χ1v) is 8.95. The van der Waals surface area contributed by atoms with Crippen LogP contribution in [0.5, 0.6) is 0 Å². The molecule has 2 rings (SSSR count). The molecule has 1 aromatic rings. The maximum absolute atomic E-state index is 12.0. The maximum atomic E-state index is 12.0. The van der Waals surface area contributed by atoms with Crippen LogP contribution in [0.1, 0.15) is 40.0 Å². The summed E-state index contributed by atoms with van der Waals surface area (Å²) >= 11 is 0. The molecule has 1 aromatic carbocycles. The fourth-order valence-electron chi connectivity index (χ4n) is 3.54. The van der Waals surface area contributed by atoms with Gasteiger partial charge in [0, 0.05) is 29.2 Å². The molecule has 1 fully saturated rings. The van der Waals surface area contributed by atoms with Crippen LogP contribution >= 0.6 is 0 Å². The summed E-state index contributed by atoms with van der Waals surface area (Å²) in [5, 5.41) is 12.3. The van der Waals surface area contributed by atoms with Crippen molar-refractivity contribution in [2.75, 3.05) is 11.9 Å². The van der Waals surface area contributed by atoms with E-state index in [1.165, 1.54) is 4.90 Å².